The van der Waals surface area contributed by atoms with Crippen LogP contribution in [-0.2, 0) is 0 Å². The molecule has 3 heteroatoms. The van der Waals surface area contributed by atoms with Crippen molar-refractivity contribution in [2.24, 2.45) is 0 Å². The molecule has 0 atom stereocenters. The van der Waals surface area contributed by atoms with E-state index in [-0.39, 0.29) is 0 Å². The average molecular weight is 239 g/mol. The summed E-state index contributed by atoms with van der Waals surface area (Å²) in [5, 5.41) is 3.71. The predicted octanol–water partition coefficient (Wildman–Crippen LogP) is 1.54. The van der Waals surface area contributed by atoms with Gasteiger partial charge in [0.25, 0.3) is 0 Å². The van der Waals surface area contributed by atoms with Crippen LogP contribution in [0.15, 0.2) is 0 Å². The van der Waals surface area contributed by atoms with Crippen molar-refractivity contribution in [2.45, 2.75) is 51.1 Å². The van der Waals surface area contributed by atoms with E-state index in [1.165, 1.54) is 58.4 Å². The lowest BCUT2D eigenvalue weighted by Gasteiger charge is -2.45. The minimum absolute atomic E-state index is 0.339. The molecule has 0 spiro atoms. The summed E-state index contributed by atoms with van der Waals surface area (Å²) >= 11 is 0. The summed E-state index contributed by atoms with van der Waals surface area (Å²) in [5.74, 6) is 0. The van der Waals surface area contributed by atoms with Crippen molar-refractivity contribution in [3.05, 3.63) is 0 Å². The number of nitrogens with zero attached hydrogens (tertiary/aromatic N) is 2. The van der Waals surface area contributed by atoms with Crippen molar-refractivity contribution >= 4 is 0 Å². The van der Waals surface area contributed by atoms with Gasteiger partial charge in [-0.2, -0.15) is 0 Å². The highest BCUT2D eigenvalue weighted by molar-refractivity contribution is 4.88. The number of likely N-dealkylation sites (N-methyl/N-ethyl adjacent to an activating group) is 1. The Morgan fingerprint density at radius 1 is 1.18 bits per heavy atom. The SMILES string of the molecule is CN1CCN(CCNC2CCCC2)CC1(C)C. The first-order valence-electron chi connectivity index (χ1n) is 7.25. The van der Waals surface area contributed by atoms with Crippen LogP contribution in [0.3, 0.4) is 0 Å². The van der Waals surface area contributed by atoms with Crippen LogP contribution in [0, 0.1) is 0 Å². The van der Waals surface area contributed by atoms with E-state index in [4.69, 9.17) is 0 Å². The summed E-state index contributed by atoms with van der Waals surface area (Å²) in [5.41, 5.74) is 0.339. The number of piperazine rings is 1. The minimum atomic E-state index is 0.339. The summed E-state index contributed by atoms with van der Waals surface area (Å²) in [7, 11) is 2.24. The lowest BCUT2D eigenvalue weighted by atomic mass is 10.00. The van der Waals surface area contributed by atoms with Crippen molar-refractivity contribution in [1.29, 1.82) is 0 Å². The molecule has 0 aromatic heterocycles. The molecular formula is C14H29N3. The van der Waals surface area contributed by atoms with Crippen molar-refractivity contribution in [3.8, 4) is 0 Å². The Morgan fingerprint density at radius 3 is 2.53 bits per heavy atom. The van der Waals surface area contributed by atoms with Crippen molar-refractivity contribution in [3.63, 3.8) is 0 Å². The third-order valence-electron chi connectivity index (χ3n) is 4.61. The molecule has 1 heterocycles. The van der Waals surface area contributed by atoms with Crippen LogP contribution in [0.1, 0.15) is 39.5 Å². The van der Waals surface area contributed by atoms with Gasteiger partial charge in [0, 0.05) is 44.3 Å². The van der Waals surface area contributed by atoms with Gasteiger partial charge in [0.05, 0.1) is 0 Å². The van der Waals surface area contributed by atoms with Crippen LogP contribution in [0.5, 0.6) is 0 Å². The molecule has 3 nitrogen and oxygen atoms in total. The van der Waals surface area contributed by atoms with E-state index in [0.29, 0.717) is 5.54 Å². The number of hydrogen-bond donors (Lipinski definition) is 1. The van der Waals surface area contributed by atoms with Gasteiger partial charge in [0.2, 0.25) is 0 Å². The second-order valence-corrected chi connectivity index (χ2v) is 6.45. The van der Waals surface area contributed by atoms with E-state index in [2.05, 4.69) is 36.0 Å². The molecule has 1 aliphatic heterocycles. The van der Waals surface area contributed by atoms with Gasteiger partial charge in [-0.25, -0.2) is 0 Å². The van der Waals surface area contributed by atoms with E-state index in [1.54, 1.807) is 0 Å². The maximum absolute atomic E-state index is 3.71. The molecule has 1 N–H and O–H groups in total. The quantitative estimate of drug-likeness (QED) is 0.803. The van der Waals surface area contributed by atoms with Gasteiger partial charge in [0.15, 0.2) is 0 Å². The van der Waals surface area contributed by atoms with E-state index in [0.717, 1.165) is 6.04 Å². The van der Waals surface area contributed by atoms with Crippen LogP contribution in [0.25, 0.3) is 0 Å². The molecule has 2 aliphatic rings. The molecule has 2 rings (SSSR count). The number of hydrogen-bond acceptors (Lipinski definition) is 3. The predicted molar refractivity (Wildman–Crippen MR) is 73.4 cm³/mol. The van der Waals surface area contributed by atoms with Gasteiger partial charge in [-0.1, -0.05) is 12.8 Å². The van der Waals surface area contributed by atoms with E-state index >= 15 is 0 Å². The fourth-order valence-corrected chi connectivity index (χ4v) is 3.09. The molecule has 0 aromatic rings. The Balaban J connectivity index is 1.65. The second kappa shape index (κ2) is 5.68. The molecular weight excluding hydrogens is 210 g/mol. The molecule has 17 heavy (non-hydrogen) atoms. The van der Waals surface area contributed by atoms with Crippen LogP contribution in [0.2, 0.25) is 0 Å². The monoisotopic (exact) mass is 239 g/mol. The Labute approximate surface area is 107 Å². The standard InChI is InChI=1S/C14H29N3/c1-14(2)12-17(11-10-16(14)3)9-8-15-13-6-4-5-7-13/h13,15H,4-12H2,1-3H3. The maximum atomic E-state index is 3.71. The molecule has 1 saturated heterocycles. The van der Waals surface area contributed by atoms with Gasteiger partial charge in [-0.3, -0.25) is 9.80 Å². The van der Waals surface area contributed by atoms with Gasteiger partial charge < -0.3 is 5.32 Å². The fraction of sp³-hybridized carbons (Fsp3) is 1.00. The second-order valence-electron chi connectivity index (χ2n) is 6.45. The van der Waals surface area contributed by atoms with Gasteiger partial charge in [-0.15, -0.1) is 0 Å². The highest BCUT2D eigenvalue weighted by atomic mass is 15.3. The molecule has 1 saturated carbocycles. The first-order chi connectivity index (χ1) is 8.08. The van der Waals surface area contributed by atoms with Crippen molar-refractivity contribution < 1.29 is 0 Å². The fourth-order valence-electron chi connectivity index (χ4n) is 3.09. The van der Waals surface area contributed by atoms with Crippen LogP contribution >= 0.6 is 0 Å². The van der Waals surface area contributed by atoms with E-state index < -0.39 is 0 Å². The minimum Gasteiger partial charge on any atom is -0.313 e. The van der Waals surface area contributed by atoms with Crippen molar-refractivity contribution in [2.75, 3.05) is 39.8 Å². The van der Waals surface area contributed by atoms with Crippen molar-refractivity contribution in [1.82, 2.24) is 15.1 Å². The summed E-state index contributed by atoms with van der Waals surface area (Å²) in [6, 6.07) is 0.815. The lowest BCUT2D eigenvalue weighted by molar-refractivity contribution is 0.0404. The van der Waals surface area contributed by atoms with E-state index in [1.807, 2.05) is 0 Å². The topological polar surface area (TPSA) is 18.5 Å². The molecule has 2 fully saturated rings. The molecule has 1 aliphatic carbocycles. The normalized spacial score (nSPS) is 27.7. The largest absolute Gasteiger partial charge is 0.313 e. The third-order valence-corrected chi connectivity index (χ3v) is 4.61. The summed E-state index contributed by atoms with van der Waals surface area (Å²) < 4.78 is 0. The smallest absolute Gasteiger partial charge is 0.0277 e. The van der Waals surface area contributed by atoms with E-state index in [9.17, 15) is 0 Å². The van der Waals surface area contributed by atoms with Gasteiger partial charge in [-0.05, 0) is 33.7 Å². The van der Waals surface area contributed by atoms with Gasteiger partial charge in [0.1, 0.15) is 0 Å². The molecule has 0 radical (unpaired) electrons. The molecule has 0 amide bonds. The van der Waals surface area contributed by atoms with Crippen LogP contribution in [0.4, 0.5) is 0 Å². The summed E-state index contributed by atoms with van der Waals surface area (Å²) in [6.45, 7) is 10.7. The Hall–Kier alpha value is -0.120. The van der Waals surface area contributed by atoms with Gasteiger partial charge >= 0.3 is 0 Å². The van der Waals surface area contributed by atoms with Crippen LogP contribution in [-0.4, -0.2) is 61.2 Å². The molecule has 0 aromatic carbocycles. The zero-order valence-corrected chi connectivity index (χ0v) is 11.8. The Kier molecular flexibility index (Phi) is 4.45. The highest BCUT2D eigenvalue weighted by Crippen LogP contribution is 2.19. The highest BCUT2D eigenvalue weighted by Gasteiger charge is 2.30. The Morgan fingerprint density at radius 2 is 1.88 bits per heavy atom. The maximum Gasteiger partial charge on any atom is 0.0277 e. The molecule has 0 bridgehead atoms. The zero-order valence-electron chi connectivity index (χ0n) is 11.8. The first kappa shape index (κ1) is 13.3. The zero-order chi connectivity index (χ0) is 12.3. The average Bonchev–Trinajstić information content (AvgIpc) is 2.76. The summed E-state index contributed by atoms with van der Waals surface area (Å²) in [6.07, 6.45) is 5.65. The lowest BCUT2D eigenvalue weighted by Crippen LogP contribution is -2.58. The van der Waals surface area contributed by atoms with Crippen LogP contribution < -0.4 is 5.32 Å². The number of rotatable bonds is 4. The third kappa shape index (κ3) is 3.67. The molecule has 0 unspecified atom stereocenters. The first-order valence-corrected chi connectivity index (χ1v) is 7.25. The Bertz CT molecular complexity index is 234. The summed E-state index contributed by atoms with van der Waals surface area (Å²) in [4.78, 5) is 5.09. The molecule has 100 valence electrons. The number of nitrogens with one attached hydrogen (secondary N) is 1.